The molecule has 2 rings (SSSR count). The molecule has 1 aromatic heterocycles. The first-order valence-electron chi connectivity index (χ1n) is 6.48. The lowest BCUT2D eigenvalue weighted by Crippen LogP contribution is -2.07. The Morgan fingerprint density at radius 2 is 2.10 bits per heavy atom. The zero-order chi connectivity index (χ0) is 14.9. The van der Waals surface area contributed by atoms with E-state index in [4.69, 9.17) is 11.5 Å². The molecule has 0 atom stereocenters. The van der Waals surface area contributed by atoms with Crippen molar-refractivity contribution in [3.05, 3.63) is 47.8 Å². The Morgan fingerprint density at radius 3 is 2.65 bits per heavy atom. The Kier molecular flexibility index (Phi) is 3.79. The maximum Gasteiger partial charge on any atom is 0.149 e. The van der Waals surface area contributed by atoms with Gasteiger partial charge in [-0.1, -0.05) is 6.07 Å². The van der Waals surface area contributed by atoms with Crippen molar-refractivity contribution < 1.29 is 4.39 Å². The van der Waals surface area contributed by atoms with Gasteiger partial charge in [0.2, 0.25) is 0 Å². The fourth-order valence-corrected chi connectivity index (χ4v) is 2.25. The van der Waals surface area contributed by atoms with Crippen LogP contribution in [-0.4, -0.2) is 9.55 Å². The summed E-state index contributed by atoms with van der Waals surface area (Å²) in [7, 11) is 0. The molecule has 0 saturated heterocycles. The summed E-state index contributed by atoms with van der Waals surface area (Å²) in [6.07, 6.45) is 3.17. The monoisotopic (exact) mass is 274 g/mol. The molecule has 0 aliphatic rings. The number of rotatable bonds is 3. The molecular weight excluding hydrogens is 255 g/mol. The van der Waals surface area contributed by atoms with Crippen molar-refractivity contribution in [1.29, 1.82) is 0 Å². The van der Waals surface area contributed by atoms with Gasteiger partial charge < -0.3 is 16.0 Å². The van der Waals surface area contributed by atoms with Gasteiger partial charge in [-0.25, -0.2) is 9.37 Å². The van der Waals surface area contributed by atoms with Crippen LogP contribution in [0.3, 0.4) is 0 Å². The molecule has 0 aliphatic heterocycles. The molecule has 0 saturated carbocycles. The Bertz CT molecular complexity index is 691. The largest absolute Gasteiger partial charge is 0.404 e. The molecule has 4 nitrogen and oxygen atoms in total. The molecule has 106 valence electrons. The first-order valence-corrected chi connectivity index (χ1v) is 6.48. The molecule has 0 spiro atoms. The molecule has 0 unspecified atom stereocenters. The Hall–Kier alpha value is -2.30. The number of allylic oxidation sites excluding steroid dienone is 3. The molecule has 0 fully saturated rings. The Morgan fingerprint density at radius 1 is 1.40 bits per heavy atom. The van der Waals surface area contributed by atoms with Crippen LogP contribution in [0.1, 0.15) is 32.6 Å². The third-order valence-electron chi connectivity index (χ3n) is 3.00. The van der Waals surface area contributed by atoms with Gasteiger partial charge in [0.05, 0.1) is 5.52 Å². The SMILES string of the molecule is C/C(N)=C/C(=C\N)c1nc2cccc(F)c2n1C(C)C. The van der Waals surface area contributed by atoms with E-state index in [1.54, 1.807) is 25.1 Å². The second-order valence-corrected chi connectivity index (χ2v) is 5.02. The van der Waals surface area contributed by atoms with E-state index >= 15 is 0 Å². The van der Waals surface area contributed by atoms with E-state index < -0.39 is 0 Å². The summed E-state index contributed by atoms with van der Waals surface area (Å²) in [4.78, 5) is 4.49. The lowest BCUT2D eigenvalue weighted by atomic mass is 10.2. The summed E-state index contributed by atoms with van der Waals surface area (Å²) in [5.74, 6) is 0.326. The molecule has 1 aromatic carbocycles. The predicted octanol–water partition coefficient (Wildman–Crippen LogP) is 2.92. The maximum atomic E-state index is 14.1. The fourth-order valence-electron chi connectivity index (χ4n) is 2.25. The number of imidazole rings is 1. The second-order valence-electron chi connectivity index (χ2n) is 5.02. The van der Waals surface area contributed by atoms with Gasteiger partial charge in [-0.3, -0.25) is 0 Å². The number of nitrogens with two attached hydrogens (primary N) is 2. The third kappa shape index (κ3) is 2.39. The summed E-state index contributed by atoms with van der Waals surface area (Å²) in [5, 5.41) is 0. The first kappa shape index (κ1) is 14.1. The van der Waals surface area contributed by atoms with Crippen LogP contribution in [0.15, 0.2) is 36.2 Å². The maximum absolute atomic E-state index is 14.1. The normalized spacial score (nSPS) is 13.4. The number of fused-ring (bicyclic) bond motifs is 1. The number of benzene rings is 1. The number of nitrogens with zero attached hydrogens (tertiary/aromatic N) is 2. The first-order chi connectivity index (χ1) is 9.45. The highest BCUT2D eigenvalue weighted by Crippen LogP contribution is 2.27. The van der Waals surface area contributed by atoms with E-state index in [-0.39, 0.29) is 11.9 Å². The molecule has 4 N–H and O–H groups in total. The smallest absolute Gasteiger partial charge is 0.149 e. The van der Waals surface area contributed by atoms with Crippen LogP contribution in [0.25, 0.3) is 16.6 Å². The quantitative estimate of drug-likeness (QED) is 0.845. The van der Waals surface area contributed by atoms with Gasteiger partial charge in [0.15, 0.2) is 0 Å². The van der Waals surface area contributed by atoms with Crippen molar-refractivity contribution in [2.75, 3.05) is 0 Å². The summed E-state index contributed by atoms with van der Waals surface area (Å²) < 4.78 is 15.9. The van der Waals surface area contributed by atoms with Crippen molar-refractivity contribution in [2.24, 2.45) is 11.5 Å². The third-order valence-corrected chi connectivity index (χ3v) is 3.00. The number of halogens is 1. The minimum Gasteiger partial charge on any atom is -0.404 e. The number of hydrogen-bond donors (Lipinski definition) is 2. The van der Waals surface area contributed by atoms with E-state index in [9.17, 15) is 4.39 Å². The van der Waals surface area contributed by atoms with Crippen LogP contribution < -0.4 is 11.5 Å². The highest BCUT2D eigenvalue weighted by Gasteiger charge is 2.18. The van der Waals surface area contributed by atoms with Gasteiger partial charge in [0, 0.05) is 23.5 Å². The van der Waals surface area contributed by atoms with Crippen molar-refractivity contribution in [3.8, 4) is 0 Å². The van der Waals surface area contributed by atoms with Crippen molar-refractivity contribution in [1.82, 2.24) is 9.55 Å². The van der Waals surface area contributed by atoms with Crippen LogP contribution in [0.5, 0.6) is 0 Å². The average molecular weight is 274 g/mol. The van der Waals surface area contributed by atoms with Crippen LogP contribution in [0, 0.1) is 5.82 Å². The highest BCUT2D eigenvalue weighted by molar-refractivity contribution is 5.82. The molecule has 5 heteroatoms. The topological polar surface area (TPSA) is 69.9 Å². The number of aromatic nitrogens is 2. The van der Waals surface area contributed by atoms with Crippen LogP contribution in [0.2, 0.25) is 0 Å². The molecule has 20 heavy (non-hydrogen) atoms. The van der Waals surface area contributed by atoms with Crippen molar-refractivity contribution >= 4 is 16.6 Å². The minimum atomic E-state index is -0.292. The minimum absolute atomic E-state index is 0.0494. The lowest BCUT2D eigenvalue weighted by molar-refractivity contribution is 0.582. The van der Waals surface area contributed by atoms with Gasteiger partial charge >= 0.3 is 0 Å². The number of hydrogen-bond acceptors (Lipinski definition) is 3. The van der Waals surface area contributed by atoms with E-state index in [1.165, 1.54) is 12.3 Å². The van der Waals surface area contributed by atoms with Gasteiger partial charge in [-0.05, 0) is 39.0 Å². The van der Waals surface area contributed by atoms with Gasteiger partial charge in [0.25, 0.3) is 0 Å². The second kappa shape index (κ2) is 5.36. The summed E-state index contributed by atoms with van der Waals surface area (Å²) in [6, 6.07) is 4.92. The van der Waals surface area contributed by atoms with Gasteiger partial charge in [0.1, 0.15) is 17.2 Å². The lowest BCUT2D eigenvalue weighted by Gasteiger charge is -2.14. The van der Waals surface area contributed by atoms with Gasteiger partial charge in [-0.15, -0.1) is 0 Å². The Labute approximate surface area is 117 Å². The van der Waals surface area contributed by atoms with Gasteiger partial charge in [-0.2, -0.15) is 0 Å². The Balaban J connectivity index is 2.80. The fraction of sp³-hybridized carbons (Fsp3) is 0.267. The molecule has 2 aromatic rings. The average Bonchev–Trinajstić information content (AvgIpc) is 2.76. The molecule has 0 bridgehead atoms. The zero-order valence-electron chi connectivity index (χ0n) is 11.9. The summed E-state index contributed by atoms with van der Waals surface area (Å²) >= 11 is 0. The molecule has 1 heterocycles. The van der Waals surface area contributed by atoms with Crippen molar-refractivity contribution in [3.63, 3.8) is 0 Å². The predicted molar refractivity (Wildman–Crippen MR) is 80.2 cm³/mol. The zero-order valence-corrected chi connectivity index (χ0v) is 11.9. The molecule has 0 radical (unpaired) electrons. The van der Waals surface area contributed by atoms with Crippen LogP contribution in [-0.2, 0) is 0 Å². The van der Waals surface area contributed by atoms with E-state index in [1.807, 2.05) is 18.4 Å². The molecule has 0 amide bonds. The molecule has 0 aliphatic carbocycles. The summed E-state index contributed by atoms with van der Waals surface area (Å²) in [5.41, 5.74) is 13.8. The number of para-hydroxylation sites is 1. The standard InChI is InChI=1S/C15H19FN4/c1-9(2)20-14-12(16)5-4-6-13(14)19-15(20)11(8-17)7-10(3)18/h4-9H,17-18H2,1-3H3/b10-7-,11-8+. The van der Waals surface area contributed by atoms with E-state index in [0.717, 1.165) is 0 Å². The van der Waals surface area contributed by atoms with Crippen LogP contribution in [0.4, 0.5) is 4.39 Å². The highest BCUT2D eigenvalue weighted by atomic mass is 19.1. The van der Waals surface area contributed by atoms with E-state index in [2.05, 4.69) is 4.98 Å². The van der Waals surface area contributed by atoms with Crippen molar-refractivity contribution in [2.45, 2.75) is 26.8 Å². The van der Waals surface area contributed by atoms with Crippen LogP contribution >= 0.6 is 0 Å². The summed E-state index contributed by atoms with van der Waals surface area (Å²) in [6.45, 7) is 5.72. The molecular formula is C15H19FN4. The van der Waals surface area contributed by atoms with E-state index in [0.29, 0.717) is 28.1 Å².